The minimum absolute atomic E-state index is 0.00446. The van der Waals surface area contributed by atoms with Crippen molar-refractivity contribution in [2.45, 2.75) is 101 Å². The van der Waals surface area contributed by atoms with E-state index in [0.29, 0.717) is 19.4 Å². The van der Waals surface area contributed by atoms with Gasteiger partial charge in [0.2, 0.25) is 0 Å². The normalized spacial score (nSPS) is 51.7. The molecule has 2 N–H and O–H groups in total. The largest absolute Gasteiger partial charge is 0.463 e. The zero-order valence-electron chi connectivity index (χ0n) is 22.8. The van der Waals surface area contributed by atoms with E-state index in [1.54, 1.807) is 19.1 Å². The quantitative estimate of drug-likeness (QED) is 0.283. The van der Waals surface area contributed by atoms with E-state index in [4.69, 9.17) is 28.4 Å². The maximum absolute atomic E-state index is 13.3. The molecular formula is C29H38O10. The van der Waals surface area contributed by atoms with Gasteiger partial charge in [-0.25, -0.2) is 9.59 Å². The third-order valence-corrected chi connectivity index (χ3v) is 10.1. The molecule has 6 aliphatic rings. The van der Waals surface area contributed by atoms with E-state index in [-0.39, 0.29) is 13.2 Å². The minimum atomic E-state index is -1.12. The van der Waals surface area contributed by atoms with Gasteiger partial charge in [0.1, 0.15) is 42.2 Å². The molecule has 4 aliphatic heterocycles. The maximum Gasteiger partial charge on any atom is 0.338 e. The van der Waals surface area contributed by atoms with Crippen molar-refractivity contribution in [2.24, 2.45) is 10.8 Å². The molecule has 39 heavy (non-hydrogen) atoms. The summed E-state index contributed by atoms with van der Waals surface area (Å²) in [4.78, 5) is 26.3. The number of hydrogen-bond acceptors (Lipinski definition) is 10. The molecule has 2 spiro atoms. The molecule has 4 fully saturated rings. The van der Waals surface area contributed by atoms with Gasteiger partial charge in [-0.05, 0) is 33.6 Å². The van der Waals surface area contributed by atoms with Crippen LogP contribution in [0.2, 0.25) is 0 Å². The molecule has 2 aliphatic carbocycles. The van der Waals surface area contributed by atoms with Crippen LogP contribution >= 0.6 is 0 Å². The van der Waals surface area contributed by atoms with Crippen molar-refractivity contribution in [3.63, 3.8) is 0 Å². The van der Waals surface area contributed by atoms with E-state index in [1.807, 2.05) is 26.8 Å². The summed E-state index contributed by atoms with van der Waals surface area (Å²) in [6.07, 6.45) is 4.54. The molecule has 1 saturated carbocycles. The average molecular weight is 547 g/mol. The van der Waals surface area contributed by atoms with Crippen LogP contribution in [0.5, 0.6) is 0 Å². The number of rotatable bonds is 1. The van der Waals surface area contributed by atoms with Gasteiger partial charge in [-0.2, -0.15) is 0 Å². The molecule has 0 aromatic heterocycles. The Balaban J connectivity index is 1.38. The number of aliphatic hydroxyl groups is 2. The number of allylic oxidation sites excluding steroid dienone is 3. The first kappa shape index (κ1) is 27.1. The summed E-state index contributed by atoms with van der Waals surface area (Å²) in [5.74, 6) is -1.10. The predicted octanol–water partition coefficient (Wildman–Crippen LogP) is 1.52. The second-order valence-corrected chi connectivity index (χ2v) is 12.4. The third kappa shape index (κ3) is 3.98. The SMILES string of the molecule is CC1=C[C@H]2O[C@@H]3[C@H](O)[C@H]4OC(=O)/C=C\C=C\[C@H]([C@@H](C)O)OCC[C@@]5(C)O[C@@H]5C(=O)OC[C@@]2(CC1)[C@]4(C)C31CO1. The number of cyclic esters (lactones) is 1. The second kappa shape index (κ2) is 9.22. The Kier molecular flexibility index (Phi) is 6.41. The highest BCUT2D eigenvalue weighted by Gasteiger charge is 2.85. The van der Waals surface area contributed by atoms with Gasteiger partial charge in [-0.1, -0.05) is 36.8 Å². The van der Waals surface area contributed by atoms with E-state index in [9.17, 15) is 19.8 Å². The molecule has 2 bridgehead atoms. The first-order valence-corrected chi connectivity index (χ1v) is 13.8. The summed E-state index contributed by atoms with van der Waals surface area (Å²) in [5, 5.41) is 21.5. The van der Waals surface area contributed by atoms with Crippen molar-refractivity contribution < 1.29 is 48.2 Å². The first-order chi connectivity index (χ1) is 18.5. The average Bonchev–Trinajstić information content (AvgIpc) is 3.80. The van der Waals surface area contributed by atoms with Crippen molar-refractivity contribution in [1.82, 2.24) is 0 Å². The van der Waals surface area contributed by atoms with Crippen LogP contribution in [0, 0.1) is 10.8 Å². The van der Waals surface area contributed by atoms with E-state index in [1.165, 1.54) is 12.2 Å². The van der Waals surface area contributed by atoms with Crippen LogP contribution in [0.1, 0.15) is 47.0 Å². The lowest BCUT2D eigenvalue weighted by atomic mass is 9.51. The van der Waals surface area contributed by atoms with Gasteiger partial charge in [0.15, 0.2) is 6.10 Å². The van der Waals surface area contributed by atoms with Crippen LogP contribution in [-0.4, -0.2) is 95.9 Å². The van der Waals surface area contributed by atoms with E-state index < -0.39 is 76.7 Å². The standard InChI is InChI=1S/C29H38O10/c1-16-9-10-28-14-35-25(33)24-26(3,39-24)11-12-34-18(17(2)30)7-5-6-8-20(31)38-22-21(32)23(37-19(28)13-16)29(15-36-29)27(22,28)4/h5-8,13,17-19,21-24,30,32H,9-12,14-15H2,1-4H3/b7-5+,8-6-/t17-,18-,19-,21-,22-,23-,24-,26-,27-,28-,29?/m1/s1. The number of carbonyl (C=O) groups is 2. The molecule has 10 nitrogen and oxygen atoms in total. The highest BCUT2D eigenvalue weighted by molar-refractivity contribution is 5.82. The molecule has 214 valence electrons. The molecule has 6 rings (SSSR count). The first-order valence-electron chi connectivity index (χ1n) is 13.8. The lowest BCUT2D eigenvalue weighted by molar-refractivity contribution is -0.233. The number of epoxide rings is 2. The predicted molar refractivity (Wildman–Crippen MR) is 135 cm³/mol. The van der Waals surface area contributed by atoms with Crippen molar-refractivity contribution in [3.05, 3.63) is 36.0 Å². The van der Waals surface area contributed by atoms with Crippen LogP contribution in [0.4, 0.5) is 0 Å². The summed E-state index contributed by atoms with van der Waals surface area (Å²) in [5.41, 5.74) is -2.12. The lowest BCUT2D eigenvalue weighted by Gasteiger charge is -2.58. The summed E-state index contributed by atoms with van der Waals surface area (Å²) in [7, 11) is 0. The van der Waals surface area contributed by atoms with Crippen molar-refractivity contribution in [2.75, 3.05) is 19.8 Å². The molecular weight excluding hydrogens is 508 g/mol. The van der Waals surface area contributed by atoms with Gasteiger partial charge in [0, 0.05) is 17.9 Å². The molecule has 0 radical (unpaired) electrons. The fourth-order valence-electron chi connectivity index (χ4n) is 7.41. The zero-order chi connectivity index (χ0) is 27.8. The van der Waals surface area contributed by atoms with Gasteiger partial charge in [-0.15, -0.1) is 0 Å². The molecule has 1 unspecified atom stereocenters. The summed E-state index contributed by atoms with van der Waals surface area (Å²) in [6.45, 7) is 8.08. The monoisotopic (exact) mass is 546 g/mol. The summed E-state index contributed by atoms with van der Waals surface area (Å²) >= 11 is 0. The number of fused-ring (bicyclic) bond motifs is 1. The zero-order valence-corrected chi connectivity index (χ0v) is 22.8. The van der Waals surface area contributed by atoms with E-state index >= 15 is 0 Å². The smallest absolute Gasteiger partial charge is 0.338 e. The minimum Gasteiger partial charge on any atom is -0.463 e. The van der Waals surface area contributed by atoms with Crippen LogP contribution < -0.4 is 0 Å². The molecule has 0 aromatic rings. The highest BCUT2D eigenvalue weighted by Crippen LogP contribution is 2.72. The van der Waals surface area contributed by atoms with E-state index in [0.717, 1.165) is 12.0 Å². The lowest BCUT2D eigenvalue weighted by Crippen LogP contribution is -2.66. The Labute approximate surface area is 227 Å². The highest BCUT2D eigenvalue weighted by atomic mass is 16.7. The van der Waals surface area contributed by atoms with Crippen LogP contribution in [-0.2, 0) is 38.0 Å². The van der Waals surface area contributed by atoms with Gasteiger partial charge >= 0.3 is 11.9 Å². The van der Waals surface area contributed by atoms with Gasteiger partial charge in [0.25, 0.3) is 0 Å². The third-order valence-electron chi connectivity index (χ3n) is 10.1. The van der Waals surface area contributed by atoms with Crippen LogP contribution in [0.15, 0.2) is 36.0 Å². The number of hydrogen-bond donors (Lipinski definition) is 2. The number of esters is 2. The number of ether oxygens (including phenoxy) is 6. The van der Waals surface area contributed by atoms with Gasteiger partial charge < -0.3 is 38.6 Å². The molecule has 0 amide bonds. The number of carbonyl (C=O) groups excluding carboxylic acids is 2. The molecule has 11 atom stereocenters. The summed E-state index contributed by atoms with van der Waals surface area (Å²) in [6, 6.07) is 0. The second-order valence-electron chi connectivity index (χ2n) is 12.4. The van der Waals surface area contributed by atoms with Crippen molar-refractivity contribution in [1.29, 1.82) is 0 Å². The maximum atomic E-state index is 13.3. The molecule has 4 heterocycles. The Morgan fingerprint density at radius 1 is 1.10 bits per heavy atom. The molecule has 3 saturated heterocycles. The van der Waals surface area contributed by atoms with E-state index in [2.05, 4.69) is 0 Å². The summed E-state index contributed by atoms with van der Waals surface area (Å²) < 4.78 is 36.1. The Morgan fingerprint density at radius 2 is 1.87 bits per heavy atom. The molecule has 0 aromatic carbocycles. The Bertz CT molecular complexity index is 1120. The van der Waals surface area contributed by atoms with Crippen molar-refractivity contribution >= 4 is 11.9 Å². The fraction of sp³-hybridized carbons (Fsp3) is 0.724. The van der Waals surface area contributed by atoms with Gasteiger partial charge in [0.05, 0.1) is 30.8 Å². The van der Waals surface area contributed by atoms with Gasteiger partial charge in [-0.3, -0.25) is 0 Å². The van der Waals surface area contributed by atoms with Crippen molar-refractivity contribution in [3.8, 4) is 0 Å². The Morgan fingerprint density at radius 3 is 2.59 bits per heavy atom. The topological polar surface area (TPSA) is 137 Å². The molecule has 10 heteroatoms. The fourth-order valence-corrected chi connectivity index (χ4v) is 7.41. The van der Waals surface area contributed by atoms with Crippen LogP contribution in [0.3, 0.4) is 0 Å². The Hall–Kier alpha value is -2.08. The van der Waals surface area contributed by atoms with Crippen LogP contribution in [0.25, 0.3) is 0 Å². The number of aliphatic hydroxyl groups excluding tert-OH is 2.